The van der Waals surface area contributed by atoms with Crippen molar-refractivity contribution in [3.05, 3.63) is 33.6 Å². The number of rotatable bonds is 6. The van der Waals surface area contributed by atoms with E-state index in [-0.39, 0.29) is 0 Å². The van der Waals surface area contributed by atoms with Crippen LogP contribution < -0.4 is 5.32 Å². The number of hydrogen-bond donors (Lipinski definition) is 1. The molecule has 98 valence electrons. The Bertz CT molecular complexity index is 502. The van der Waals surface area contributed by atoms with Gasteiger partial charge in [-0.25, -0.2) is 0 Å². The molecular formula is C13H19N3S2. The molecule has 0 fully saturated rings. The maximum absolute atomic E-state index is 4.34. The van der Waals surface area contributed by atoms with Gasteiger partial charge in [-0.3, -0.25) is 4.68 Å². The van der Waals surface area contributed by atoms with Crippen LogP contribution >= 0.6 is 23.1 Å². The van der Waals surface area contributed by atoms with Crippen molar-refractivity contribution in [1.29, 1.82) is 0 Å². The molecule has 18 heavy (non-hydrogen) atoms. The fraction of sp³-hybridized carbons (Fsp3) is 0.462. The van der Waals surface area contributed by atoms with Crippen molar-refractivity contribution in [3.63, 3.8) is 0 Å². The summed E-state index contributed by atoms with van der Waals surface area (Å²) < 4.78 is 1.95. The van der Waals surface area contributed by atoms with Gasteiger partial charge in [-0.05, 0) is 36.9 Å². The lowest BCUT2D eigenvalue weighted by Gasteiger charge is -2.04. The summed E-state index contributed by atoms with van der Waals surface area (Å²) in [6, 6.07) is 4.31. The molecular weight excluding hydrogens is 262 g/mol. The second kappa shape index (κ2) is 6.41. The van der Waals surface area contributed by atoms with Crippen molar-refractivity contribution in [2.45, 2.75) is 25.4 Å². The highest BCUT2D eigenvalue weighted by Gasteiger charge is 2.02. The molecule has 3 nitrogen and oxygen atoms in total. The smallest absolute Gasteiger partial charge is 0.0939 e. The number of thioether (sulfide) groups is 1. The van der Waals surface area contributed by atoms with Crippen LogP contribution in [0, 0.1) is 13.8 Å². The minimum Gasteiger partial charge on any atom is -0.311 e. The predicted octanol–water partition coefficient (Wildman–Crippen LogP) is 2.98. The maximum Gasteiger partial charge on any atom is 0.0939 e. The van der Waals surface area contributed by atoms with E-state index in [1.807, 2.05) is 41.8 Å². The molecule has 0 radical (unpaired) electrons. The van der Waals surface area contributed by atoms with Crippen molar-refractivity contribution < 1.29 is 0 Å². The highest BCUT2D eigenvalue weighted by atomic mass is 32.2. The average Bonchev–Trinajstić information content (AvgIpc) is 2.86. The van der Waals surface area contributed by atoms with Crippen LogP contribution in [0.1, 0.15) is 16.1 Å². The topological polar surface area (TPSA) is 29.9 Å². The van der Waals surface area contributed by atoms with E-state index in [9.17, 15) is 0 Å². The first kappa shape index (κ1) is 13.6. The fourth-order valence-corrected chi connectivity index (χ4v) is 3.55. The van der Waals surface area contributed by atoms with Crippen molar-refractivity contribution in [3.8, 4) is 0 Å². The van der Waals surface area contributed by atoms with Gasteiger partial charge in [-0.2, -0.15) is 5.10 Å². The normalized spacial score (nSPS) is 11.1. The van der Waals surface area contributed by atoms with Gasteiger partial charge in [0, 0.05) is 30.8 Å². The Labute approximate surface area is 117 Å². The highest BCUT2D eigenvalue weighted by molar-refractivity contribution is 7.99. The van der Waals surface area contributed by atoms with E-state index in [1.54, 1.807) is 0 Å². The molecule has 0 saturated carbocycles. The lowest BCUT2D eigenvalue weighted by atomic mass is 10.3. The van der Waals surface area contributed by atoms with Gasteiger partial charge in [-0.1, -0.05) is 0 Å². The van der Waals surface area contributed by atoms with Gasteiger partial charge >= 0.3 is 0 Å². The summed E-state index contributed by atoms with van der Waals surface area (Å²) in [4.78, 5) is 1.44. The van der Waals surface area contributed by atoms with E-state index in [2.05, 4.69) is 34.9 Å². The lowest BCUT2D eigenvalue weighted by Crippen LogP contribution is -2.16. The molecule has 0 unspecified atom stereocenters. The third kappa shape index (κ3) is 3.60. The number of aryl methyl sites for hydroxylation is 3. The number of nitrogens with one attached hydrogen (secondary N) is 1. The van der Waals surface area contributed by atoms with E-state index >= 15 is 0 Å². The van der Waals surface area contributed by atoms with E-state index in [0.717, 1.165) is 24.5 Å². The molecule has 0 aliphatic carbocycles. The van der Waals surface area contributed by atoms with Crippen LogP contribution in [0.4, 0.5) is 0 Å². The Morgan fingerprint density at radius 3 is 2.89 bits per heavy atom. The van der Waals surface area contributed by atoms with Crippen molar-refractivity contribution in [2.24, 2.45) is 7.05 Å². The molecule has 5 heteroatoms. The Hall–Kier alpha value is -0.780. The van der Waals surface area contributed by atoms with E-state index < -0.39 is 0 Å². The van der Waals surface area contributed by atoms with Crippen LogP contribution in [0.15, 0.2) is 22.5 Å². The quantitative estimate of drug-likeness (QED) is 0.652. The summed E-state index contributed by atoms with van der Waals surface area (Å²) in [6.45, 7) is 6.20. The lowest BCUT2D eigenvalue weighted by molar-refractivity contribution is 0.690. The second-order valence-electron chi connectivity index (χ2n) is 4.30. The molecule has 2 rings (SSSR count). The number of hydrogen-bond acceptors (Lipinski definition) is 4. The standard InChI is InChI=1S/C13H19N3S2/c1-10-4-6-17-12(10)9-14-5-7-18-13-8-11(2)15-16(13)3/h4,6,8,14H,5,7,9H2,1-3H3. The van der Waals surface area contributed by atoms with Crippen molar-refractivity contribution in [1.82, 2.24) is 15.1 Å². The summed E-state index contributed by atoms with van der Waals surface area (Å²) in [7, 11) is 2.00. The zero-order chi connectivity index (χ0) is 13.0. The molecule has 1 N–H and O–H groups in total. The molecule has 0 saturated heterocycles. The average molecular weight is 281 g/mol. The zero-order valence-electron chi connectivity index (χ0n) is 11.1. The second-order valence-corrected chi connectivity index (χ2v) is 6.42. The molecule has 0 aromatic carbocycles. The van der Waals surface area contributed by atoms with Crippen molar-refractivity contribution >= 4 is 23.1 Å². The van der Waals surface area contributed by atoms with Gasteiger partial charge in [0.05, 0.1) is 10.7 Å². The Morgan fingerprint density at radius 2 is 2.28 bits per heavy atom. The Kier molecular flexibility index (Phi) is 4.86. The highest BCUT2D eigenvalue weighted by Crippen LogP contribution is 2.18. The minimum absolute atomic E-state index is 0.981. The van der Waals surface area contributed by atoms with Crippen LogP contribution in [-0.2, 0) is 13.6 Å². The molecule has 0 atom stereocenters. The maximum atomic E-state index is 4.34. The molecule has 0 aliphatic rings. The monoisotopic (exact) mass is 281 g/mol. The summed E-state index contributed by atoms with van der Waals surface area (Å²) in [5.74, 6) is 1.07. The van der Waals surface area contributed by atoms with Gasteiger partial charge < -0.3 is 5.32 Å². The molecule has 0 bridgehead atoms. The van der Waals surface area contributed by atoms with Gasteiger partial charge in [-0.15, -0.1) is 23.1 Å². The van der Waals surface area contributed by atoms with Crippen LogP contribution in [0.5, 0.6) is 0 Å². The molecule has 0 amide bonds. The predicted molar refractivity (Wildman–Crippen MR) is 79.4 cm³/mol. The third-order valence-corrected chi connectivity index (χ3v) is 4.85. The van der Waals surface area contributed by atoms with E-state index in [1.165, 1.54) is 15.5 Å². The van der Waals surface area contributed by atoms with Gasteiger partial charge in [0.25, 0.3) is 0 Å². The molecule has 2 heterocycles. The van der Waals surface area contributed by atoms with Crippen LogP contribution in [0.25, 0.3) is 0 Å². The summed E-state index contributed by atoms with van der Waals surface area (Å²) in [5.41, 5.74) is 2.48. The van der Waals surface area contributed by atoms with Crippen molar-refractivity contribution in [2.75, 3.05) is 12.3 Å². The molecule has 0 aliphatic heterocycles. The fourth-order valence-electron chi connectivity index (χ4n) is 1.74. The van der Waals surface area contributed by atoms with Gasteiger partial charge in [0.2, 0.25) is 0 Å². The van der Waals surface area contributed by atoms with Crippen LogP contribution in [-0.4, -0.2) is 22.1 Å². The van der Waals surface area contributed by atoms with Crippen LogP contribution in [0.2, 0.25) is 0 Å². The summed E-state index contributed by atoms with van der Waals surface area (Å²) in [5, 5.41) is 11.2. The molecule has 2 aromatic heterocycles. The van der Waals surface area contributed by atoms with E-state index in [4.69, 9.17) is 0 Å². The zero-order valence-corrected chi connectivity index (χ0v) is 12.7. The van der Waals surface area contributed by atoms with E-state index in [0.29, 0.717) is 0 Å². The Balaban J connectivity index is 1.67. The number of aromatic nitrogens is 2. The summed E-state index contributed by atoms with van der Waals surface area (Å²) >= 11 is 3.68. The first-order chi connectivity index (χ1) is 8.66. The number of thiophene rings is 1. The Morgan fingerprint density at radius 1 is 1.44 bits per heavy atom. The third-order valence-electron chi connectivity index (χ3n) is 2.74. The summed E-state index contributed by atoms with van der Waals surface area (Å²) in [6.07, 6.45) is 0. The first-order valence-electron chi connectivity index (χ1n) is 6.04. The minimum atomic E-state index is 0.981. The first-order valence-corrected chi connectivity index (χ1v) is 7.90. The van der Waals surface area contributed by atoms with Crippen LogP contribution in [0.3, 0.4) is 0 Å². The number of nitrogens with zero attached hydrogens (tertiary/aromatic N) is 2. The largest absolute Gasteiger partial charge is 0.311 e. The van der Waals surface area contributed by atoms with Gasteiger partial charge in [0.1, 0.15) is 0 Å². The molecule has 0 spiro atoms. The molecule has 2 aromatic rings. The SMILES string of the molecule is Cc1cc(SCCNCc2sccc2C)n(C)n1. The van der Waals surface area contributed by atoms with Gasteiger partial charge in [0.15, 0.2) is 0 Å².